The smallest absolute Gasteiger partial charge is 0.192 e. The lowest BCUT2D eigenvalue weighted by molar-refractivity contribution is -0.206. The lowest BCUT2D eigenvalue weighted by Gasteiger charge is -2.20. The minimum Gasteiger partial charge on any atom is -0.386 e. The van der Waals surface area contributed by atoms with E-state index in [0.29, 0.717) is 0 Å². The Labute approximate surface area is 81.9 Å². The molecule has 0 spiro atoms. The van der Waals surface area contributed by atoms with Crippen LogP contribution in [-0.2, 0) is 19.0 Å². The van der Waals surface area contributed by atoms with Crippen LogP contribution in [0.3, 0.4) is 0 Å². The molecule has 78 valence electrons. The summed E-state index contributed by atoms with van der Waals surface area (Å²) in [5, 5.41) is 3.88. The molecular weight excluding hydrogens is 186 g/mol. The summed E-state index contributed by atoms with van der Waals surface area (Å²) in [6.07, 6.45) is -0.704. The van der Waals surface area contributed by atoms with Crippen LogP contribution in [0.15, 0.2) is 5.16 Å². The third-order valence-corrected chi connectivity index (χ3v) is 2.72. The number of rotatable bonds is 0. The van der Waals surface area contributed by atoms with Gasteiger partial charge in [-0.1, -0.05) is 5.16 Å². The van der Waals surface area contributed by atoms with Gasteiger partial charge in [-0.25, -0.2) is 0 Å². The number of hydrogen-bond acceptors (Lipinski definition) is 5. The summed E-state index contributed by atoms with van der Waals surface area (Å²) in [4.78, 5) is 5.25. The van der Waals surface area contributed by atoms with Crippen molar-refractivity contribution in [1.29, 1.82) is 0 Å². The van der Waals surface area contributed by atoms with Crippen LogP contribution in [0.5, 0.6) is 0 Å². The Hall–Kier alpha value is -0.650. The molecule has 14 heavy (non-hydrogen) atoms. The van der Waals surface area contributed by atoms with E-state index >= 15 is 0 Å². The number of fused-ring (bicyclic) bond motifs is 3. The van der Waals surface area contributed by atoms with Gasteiger partial charge >= 0.3 is 0 Å². The molecule has 0 aromatic rings. The molecule has 2 fully saturated rings. The van der Waals surface area contributed by atoms with Crippen molar-refractivity contribution in [2.75, 3.05) is 0 Å². The molecule has 0 aromatic heterocycles. The molecule has 5 nitrogen and oxygen atoms in total. The van der Waals surface area contributed by atoms with Gasteiger partial charge in [-0.15, -0.1) is 0 Å². The third kappa shape index (κ3) is 1.03. The van der Waals surface area contributed by atoms with Gasteiger partial charge in [-0.3, -0.25) is 0 Å². The van der Waals surface area contributed by atoms with Gasteiger partial charge in [0.2, 0.25) is 0 Å². The van der Waals surface area contributed by atoms with Crippen molar-refractivity contribution in [2.24, 2.45) is 5.16 Å². The zero-order valence-corrected chi connectivity index (χ0v) is 8.39. The van der Waals surface area contributed by atoms with E-state index in [2.05, 4.69) is 5.16 Å². The van der Waals surface area contributed by atoms with Gasteiger partial charge in [0, 0.05) is 0 Å². The van der Waals surface area contributed by atoms with Crippen LogP contribution in [0.1, 0.15) is 20.8 Å². The lowest BCUT2D eigenvalue weighted by atomic mass is 10.1. The summed E-state index contributed by atoms with van der Waals surface area (Å²) in [5.41, 5.74) is 0.856. The van der Waals surface area contributed by atoms with Gasteiger partial charge in [-0.2, -0.15) is 0 Å². The molecule has 4 atom stereocenters. The molecule has 0 radical (unpaired) electrons. The number of oxime groups is 1. The van der Waals surface area contributed by atoms with Gasteiger partial charge < -0.3 is 19.0 Å². The fourth-order valence-corrected chi connectivity index (χ4v) is 2.13. The van der Waals surface area contributed by atoms with E-state index in [9.17, 15) is 0 Å². The molecule has 0 N–H and O–H groups in total. The summed E-state index contributed by atoms with van der Waals surface area (Å²) in [6, 6.07) is 0. The van der Waals surface area contributed by atoms with Crippen LogP contribution in [-0.4, -0.2) is 36.1 Å². The van der Waals surface area contributed by atoms with E-state index < -0.39 is 5.79 Å². The predicted octanol–water partition coefficient (Wildman–Crippen LogP) is 0.637. The molecule has 2 saturated heterocycles. The Morgan fingerprint density at radius 3 is 2.79 bits per heavy atom. The van der Waals surface area contributed by atoms with Crippen molar-refractivity contribution in [3.05, 3.63) is 0 Å². The van der Waals surface area contributed by atoms with Gasteiger partial charge in [0.05, 0.1) is 5.71 Å². The van der Waals surface area contributed by atoms with Crippen LogP contribution in [0.2, 0.25) is 0 Å². The predicted molar refractivity (Wildman–Crippen MR) is 46.7 cm³/mol. The number of ether oxygens (including phenoxy) is 3. The number of hydrogen-bond donors (Lipinski definition) is 0. The van der Waals surface area contributed by atoms with Crippen LogP contribution in [0, 0.1) is 0 Å². The summed E-state index contributed by atoms with van der Waals surface area (Å²) in [7, 11) is 0. The van der Waals surface area contributed by atoms with Crippen LogP contribution < -0.4 is 0 Å². The van der Waals surface area contributed by atoms with Gasteiger partial charge in [0.1, 0.15) is 6.10 Å². The highest BCUT2D eigenvalue weighted by atomic mass is 16.9. The van der Waals surface area contributed by atoms with E-state index in [4.69, 9.17) is 19.0 Å². The molecule has 0 aromatic carbocycles. The van der Waals surface area contributed by atoms with E-state index in [1.165, 1.54) is 0 Å². The fraction of sp³-hybridized carbons (Fsp3) is 0.889. The Balaban J connectivity index is 1.83. The maximum atomic E-state index is 5.69. The Morgan fingerprint density at radius 2 is 2.00 bits per heavy atom. The second-order valence-corrected chi connectivity index (χ2v) is 4.33. The third-order valence-electron chi connectivity index (χ3n) is 2.72. The Kier molecular flexibility index (Phi) is 1.53. The lowest BCUT2D eigenvalue weighted by Crippen LogP contribution is -2.34. The Bertz CT molecular complexity index is 301. The van der Waals surface area contributed by atoms with Crippen molar-refractivity contribution in [3.8, 4) is 0 Å². The molecule has 0 aliphatic carbocycles. The van der Waals surface area contributed by atoms with Crippen molar-refractivity contribution in [3.63, 3.8) is 0 Å². The van der Waals surface area contributed by atoms with E-state index in [0.717, 1.165) is 5.71 Å². The standard InChI is InChI=1S/C9H13NO4/c1-4-5-6(14-10-4)7-8(11-5)13-9(2,3)12-7/h5-8H,1-3H3/t5-,6+,7-,8-/m0/s1. The molecule has 3 rings (SSSR count). The monoisotopic (exact) mass is 199 g/mol. The molecule has 0 bridgehead atoms. The van der Waals surface area contributed by atoms with Crippen molar-refractivity contribution in [2.45, 2.75) is 51.2 Å². The molecule has 0 unspecified atom stereocenters. The zero-order chi connectivity index (χ0) is 9.92. The molecule has 3 aliphatic heterocycles. The van der Waals surface area contributed by atoms with Crippen LogP contribution in [0.4, 0.5) is 0 Å². The summed E-state index contributed by atoms with van der Waals surface area (Å²) < 4.78 is 16.9. The molecule has 3 heterocycles. The molecule has 0 amide bonds. The SMILES string of the molecule is CC1=NO[C@H]2[C@@H]3OC(C)(C)O[C@@H]3O[C@@H]12. The number of nitrogens with zero attached hydrogens (tertiary/aromatic N) is 1. The largest absolute Gasteiger partial charge is 0.386 e. The quantitative estimate of drug-likeness (QED) is 0.574. The first-order valence-electron chi connectivity index (χ1n) is 4.78. The first-order chi connectivity index (χ1) is 6.57. The Morgan fingerprint density at radius 1 is 1.21 bits per heavy atom. The molecule has 5 heteroatoms. The van der Waals surface area contributed by atoms with E-state index in [1.807, 2.05) is 20.8 Å². The highest BCUT2D eigenvalue weighted by Crippen LogP contribution is 2.40. The average molecular weight is 199 g/mol. The summed E-state index contributed by atoms with van der Waals surface area (Å²) in [6.45, 7) is 5.62. The second kappa shape index (κ2) is 2.48. The normalized spacial score (nSPS) is 48.4. The van der Waals surface area contributed by atoms with E-state index in [1.54, 1.807) is 0 Å². The van der Waals surface area contributed by atoms with Gasteiger partial charge in [0.25, 0.3) is 0 Å². The summed E-state index contributed by atoms with van der Waals surface area (Å²) in [5.74, 6) is -0.583. The van der Waals surface area contributed by atoms with Crippen LogP contribution in [0.25, 0.3) is 0 Å². The van der Waals surface area contributed by atoms with Crippen molar-refractivity contribution in [1.82, 2.24) is 0 Å². The first-order valence-corrected chi connectivity index (χ1v) is 4.78. The average Bonchev–Trinajstić information content (AvgIpc) is 2.63. The van der Waals surface area contributed by atoms with E-state index in [-0.39, 0.29) is 24.6 Å². The first kappa shape index (κ1) is 8.64. The minimum absolute atomic E-state index is 0.0962. The fourth-order valence-electron chi connectivity index (χ4n) is 2.13. The minimum atomic E-state index is -0.583. The topological polar surface area (TPSA) is 49.3 Å². The highest BCUT2D eigenvalue weighted by molar-refractivity contribution is 5.88. The maximum absolute atomic E-state index is 5.69. The van der Waals surface area contributed by atoms with Gasteiger partial charge in [0.15, 0.2) is 24.3 Å². The molecule has 0 saturated carbocycles. The zero-order valence-electron chi connectivity index (χ0n) is 8.39. The molecule has 3 aliphatic rings. The maximum Gasteiger partial charge on any atom is 0.192 e. The van der Waals surface area contributed by atoms with Crippen molar-refractivity contribution >= 4 is 5.71 Å². The molecular formula is C9H13NO4. The van der Waals surface area contributed by atoms with Gasteiger partial charge in [-0.05, 0) is 20.8 Å². The second-order valence-electron chi connectivity index (χ2n) is 4.33. The highest BCUT2D eigenvalue weighted by Gasteiger charge is 2.58. The van der Waals surface area contributed by atoms with Crippen LogP contribution >= 0.6 is 0 Å². The van der Waals surface area contributed by atoms with Crippen molar-refractivity contribution < 1.29 is 19.0 Å². The summed E-state index contributed by atoms with van der Waals surface area (Å²) >= 11 is 0.